The van der Waals surface area contributed by atoms with Gasteiger partial charge in [-0.15, -0.1) is 0 Å². The van der Waals surface area contributed by atoms with Gasteiger partial charge in [-0.2, -0.15) is 0 Å². The van der Waals surface area contributed by atoms with Crippen LogP contribution in [0.3, 0.4) is 0 Å². The molecule has 3 aromatic rings. The molecule has 128 valence electrons. The predicted molar refractivity (Wildman–Crippen MR) is 114 cm³/mol. The Morgan fingerprint density at radius 3 is 1.92 bits per heavy atom. The molecule has 0 bridgehead atoms. The van der Waals surface area contributed by atoms with E-state index in [-0.39, 0.29) is 10.9 Å². The van der Waals surface area contributed by atoms with E-state index in [4.69, 9.17) is 0 Å². The fourth-order valence-corrected chi connectivity index (χ4v) is 6.10. The van der Waals surface area contributed by atoms with Gasteiger partial charge in [0.2, 0.25) is 0 Å². The van der Waals surface area contributed by atoms with Crippen molar-refractivity contribution in [3.05, 3.63) is 108 Å². The second kappa shape index (κ2) is 8.48. The van der Waals surface area contributed by atoms with Crippen LogP contribution >= 0.6 is 11.8 Å². The lowest BCUT2D eigenvalue weighted by Gasteiger charge is -2.12. The van der Waals surface area contributed by atoms with Gasteiger partial charge in [0.15, 0.2) is 9.79 Å². The highest BCUT2D eigenvalue weighted by molar-refractivity contribution is 8.00. The van der Waals surface area contributed by atoms with Crippen LogP contribution in [0.4, 0.5) is 0 Å². The van der Waals surface area contributed by atoms with E-state index in [9.17, 15) is 0 Å². The van der Waals surface area contributed by atoms with Crippen LogP contribution in [0.1, 0.15) is 12.8 Å². The summed E-state index contributed by atoms with van der Waals surface area (Å²) in [4.78, 5) is 6.89. The molecule has 0 radical (unpaired) electrons. The largest absolute Gasteiger partial charge is 0.166 e. The molecule has 0 saturated carbocycles. The third kappa shape index (κ3) is 4.14. The molecule has 1 aliphatic rings. The second-order valence-electron chi connectivity index (χ2n) is 6.11. The molecule has 1 aliphatic carbocycles. The van der Waals surface area contributed by atoms with Crippen LogP contribution in [0.5, 0.6) is 0 Å². The lowest BCUT2D eigenvalue weighted by atomic mass is 10.2. The van der Waals surface area contributed by atoms with E-state index < -0.39 is 0 Å². The predicted octanol–water partition coefficient (Wildman–Crippen LogP) is 7.11. The van der Waals surface area contributed by atoms with E-state index >= 15 is 0 Å². The lowest BCUT2D eigenvalue weighted by molar-refractivity contribution is 1.01. The number of hydrogen-bond acceptors (Lipinski definition) is 1. The van der Waals surface area contributed by atoms with Crippen molar-refractivity contribution in [1.82, 2.24) is 0 Å². The third-order valence-corrected chi connectivity index (χ3v) is 7.62. The van der Waals surface area contributed by atoms with Crippen LogP contribution in [0.15, 0.2) is 128 Å². The molecule has 0 amide bonds. The molecule has 0 aliphatic heterocycles. The number of hydrogen-bond donors (Lipinski definition) is 0. The van der Waals surface area contributed by atoms with Crippen molar-refractivity contribution >= 4 is 22.7 Å². The summed E-state index contributed by atoms with van der Waals surface area (Å²) >= 11 is 1.82. The van der Waals surface area contributed by atoms with E-state index in [0.717, 1.165) is 12.8 Å². The van der Waals surface area contributed by atoms with Crippen molar-refractivity contribution in [1.29, 1.82) is 0 Å². The minimum Gasteiger partial charge on any atom is -0.0901 e. The lowest BCUT2D eigenvalue weighted by Crippen LogP contribution is -2.08. The molecular weight excluding hydrogens is 352 g/mol. The summed E-state index contributed by atoms with van der Waals surface area (Å²) in [5, 5.41) is 0. The van der Waals surface area contributed by atoms with Crippen LogP contribution in [0.25, 0.3) is 0 Å². The molecule has 1 unspecified atom stereocenters. The highest BCUT2D eigenvalue weighted by Crippen LogP contribution is 2.35. The van der Waals surface area contributed by atoms with E-state index in [0.29, 0.717) is 0 Å². The zero-order valence-corrected chi connectivity index (χ0v) is 16.2. The first-order valence-electron chi connectivity index (χ1n) is 8.88. The zero-order chi connectivity index (χ0) is 17.6. The van der Waals surface area contributed by atoms with Gasteiger partial charge in [-0.1, -0.05) is 60.3 Å². The Bertz CT molecular complexity index is 894. The van der Waals surface area contributed by atoms with E-state index in [1.54, 1.807) is 0 Å². The second-order valence-corrected chi connectivity index (χ2v) is 9.33. The summed E-state index contributed by atoms with van der Waals surface area (Å²) in [6.45, 7) is 0. The molecule has 0 aromatic heterocycles. The Hall–Kier alpha value is -2.16. The normalized spacial score (nSPS) is 14.7. The molecule has 0 spiro atoms. The van der Waals surface area contributed by atoms with Crippen molar-refractivity contribution in [2.45, 2.75) is 32.4 Å². The highest BCUT2D eigenvalue weighted by atomic mass is 32.2. The van der Waals surface area contributed by atoms with Gasteiger partial charge in [0, 0.05) is 16.2 Å². The van der Waals surface area contributed by atoms with Gasteiger partial charge in [-0.3, -0.25) is 0 Å². The third-order valence-electron chi connectivity index (χ3n) is 4.26. The molecule has 4 rings (SSSR count). The Labute approximate surface area is 163 Å². The van der Waals surface area contributed by atoms with Crippen LogP contribution in [0.2, 0.25) is 0 Å². The van der Waals surface area contributed by atoms with Gasteiger partial charge in [0.05, 0.1) is 10.9 Å². The van der Waals surface area contributed by atoms with Crippen LogP contribution < -0.4 is 0 Å². The maximum Gasteiger partial charge on any atom is 0.166 e. The van der Waals surface area contributed by atoms with Crippen LogP contribution in [-0.4, -0.2) is 0 Å². The maximum absolute atomic E-state index is 2.31. The minimum atomic E-state index is 0.00818. The smallest absolute Gasteiger partial charge is 0.0901 e. The molecule has 0 fully saturated rings. The highest BCUT2D eigenvalue weighted by Gasteiger charge is 2.30. The van der Waals surface area contributed by atoms with Gasteiger partial charge >= 0.3 is 0 Å². The van der Waals surface area contributed by atoms with Crippen molar-refractivity contribution in [2.24, 2.45) is 0 Å². The Morgan fingerprint density at radius 2 is 1.27 bits per heavy atom. The van der Waals surface area contributed by atoms with Crippen LogP contribution in [0, 0.1) is 0 Å². The first-order valence-corrected chi connectivity index (χ1v) is 10.9. The molecule has 2 heteroatoms. The molecule has 0 heterocycles. The van der Waals surface area contributed by atoms with Gasteiger partial charge in [0.25, 0.3) is 0 Å². The SMILES string of the molecule is C1=CCCC([S+](c2ccccc2)c2ccc(Sc3ccccc3)cc2)=C1. The van der Waals surface area contributed by atoms with Crippen molar-refractivity contribution in [3.8, 4) is 0 Å². The standard InChI is InChI=1S/C24H21S2/c1-4-10-20(11-5-1)25-21-16-18-24(19-17-21)26(22-12-6-2-7-13-22)23-14-8-3-9-15-23/h1-8,10-14,16-19H,9,15H2/q+1. The minimum absolute atomic E-state index is 0.00818. The van der Waals surface area contributed by atoms with Crippen molar-refractivity contribution in [3.63, 3.8) is 0 Å². The average molecular weight is 374 g/mol. The Morgan fingerprint density at radius 1 is 0.654 bits per heavy atom. The maximum atomic E-state index is 2.31. The summed E-state index contributed by atoms with van der Waals surface area (Å²) in [5.74, 6) is 0. The van der Waals surface area contributed by atoms with E-state index in [2.05, 4.69) is 103 Å². The van der Waals surface area contributed by atoms with Crippen LogP contribution in [-0.2, 0) is 10.9 Å². The van der Waals surface area contributed by atoms with Gasteiger partial charge in [-0.25, -0.2) is 0 Å². The zero-order valence-electron chi connectivity index (χ0n) is 14.5. The molecule has 0 saturated heterocycles. The summed E-state index contributed by atoms with van der Waals surface area (Å²) in [5.41, 5.74) is 0. The summed E-state index contributed by atoms with van der Waals surface area (Å²) in [6.07, 6.45) is 9.07. The van der Waals surface area contributed by atoms with Gasteiger partial charge < -0.3 is 0 Å². The number of allylic oxidation sites excluding steroid dienone is 4. The van der Waals surface area contributed by atoms with Gasteiger partial charge in [0.1, 0.15) is 4.91 Å². The Kier molecular flexibility index (Phi) is 5.63. The molecule has 26 heavy (non-hydrogen) atoms. The topological polar surface area (TPSA) is 0 Å². The fraction of sp³-hybridized carbons (Fsp3) is 0.0833. The van der Waals surface area contributed by atoms with E-state index in [1.165, 1.54) is 24.5 Å². The quantitative estimate of drug-likeness (QED) is 0.429. The average Bonchev–Trinajstić information content (AvgIpc) is 2.72. The molecule has 0 N–H and O–H groups in total. The van der Waals surface area contributed by atoms with Crippen molar-refractivity contribution < 1.29 is 0 Å². The van der Waals surface area contributed by atoms with Crippen molar-refractivity contribution in [2.75, 3.05) is 0 Å². The molecule has 3 aromatic carbocycles. The number of benzene rings is 3. The monoisotopic (exact) mass is 373 g/mol. The fourth-order valence-electron chi connectivity index (χ4n) is 3.01. The van der Waals surface area contributed by atoms with E-state index in [1.807, 2.05) is 11.8 Å². The van der Waals surface area contributed by atoms with Gasteiger partial charge in [-0.05, 0) is 61.0 Å². The summed E-state index contributed by atoms with van der Waals surface area (Å²) in [7, 11) is 0.00818. The molecule has 0 nitrogen and oxygen atoms in total. The number of rotatable bonds is 5. The molecule has 1 atom stereocenters. The summed E-state index contributed by atoms with van der Waals surface area (Å²) in [6, 6.07) is 30.6. The summed E-state index contributed by atoms with van der Waals surface area (Å²) < 4.78 is 0. The first-order chi connectivity index (χ1) is 12.9. The molecular formula is C24H21S2+. The first kappa shape index (κ1) is 17.3. The Balaban J connectivity index is 1.63.